The first-order chi connectivity index (χ1) is 9.09. The second kappa shape index (κ2) is 4.37. The van der Waals surface area contributed by atoms with Gasteiger partial charge in [0.1, 0.15) is 5.82 Å². The highest BCUT2D eigenvalue weighted by Crippen LogP contribution is 2.33. The number of H-pyrrole nitrogens is 1. The second-order valence-corrected chi connectivity index (χ2v) is 5.29. The number of primary amides is 1. The summed E-state index contributed by atoms with van der Waals surface area (Å²) in [7, 11) is 0. The molecule has 2 aromatic rings. The van der Waals surface area contributed by atoms with Crippen molar-refractivity contribution in [3.63, 3.8) is 0 Å². The Kier molecular flexibility index (Phi) is 2.81. The average molecular weight is 260 g/mol. The van der Waals surface area contributed by atoms with Crippen molar-refractivity contribution < 1.29 is 9.18 Å². The zero-order valence-corrected chi connectivity index (χ0v) is 11.0. The summed E-state index contributed by atoms with van der Waals surface area (Å²) in [6.45, 7) is 1.77. The van der Waals surface area contributed by atoms with Gasteiger partial charge in [0.25, 0.3) is 5.91 Å². The molecule has 0 atom stereocenters. The van der Waals surface area contributed by atoms with Crippen molar-refractivity contribution in [3.05, 3.63) is 34.3 Å². The van der Waals surface area contributed by atoms with Crippen LogP contribution in [-0.4, -0.2) is 10.9 Å². The molecule has 1 aromatic carbocycles. The molecule has 3 rings (SSSR count). The van der Waals surface area contributed by atoms with Gasteiger partial charge in [0, 0.05) is 11.1 Å². The molecule has 4 heteroatoms. The standard InChI is InChI=1S/C15H17FN2O/c1-8-11(16)7-10(15(17)19)14-13(8)9-5-3-2-4-6-12(9)18-14/h7,18H,2-6H2,1H3,(H2,17,19). The third kappa shape index (κ3) is 1.82. The van der Waals surface area contributed by atoms with Crippen molar-refractivity contribution in [3.8, 4) is 0 Å². The number of halogens is 1. The van der Waals surface area contributed by atoms with Crippen molar-refractivity contribution in [2.24, 2.45) is 5.73 Å². The number of rotatable bonds is 1. The summed E-state index contributed by atoms with van der Waals surface area (Å²) in [5.41, 5.74) is 9.25. The number of benzene rings is 1. The van der Waals surface area contributed by atoms with E-state index in [9.17, 15) is 9.18 Å². The molecule has 1 heterocycles. The number of hydrogen-bond donors (Lipinski definition) is 2. The number of carbonyl (C=O) groups is 1. The number of hydrogen-bond acceptors (Lipinski definition) is 1. The van der Waals surface area contributed by atoms with Gasteiger partial charge in [-0.25, -0.2) is 4.39 Å². The highest BCUT2D eigenvalue weighted by molar-refractivity contribution is 6.07. The summed E-state index contributed by atoms with van der Waals surface area (Å²) in [6, 6.07) is 1.25. The Labute approximate surface area is 111 Å². The number of carbonyl (C=O) groups excluding carboxylic acids is 1. The molecule has 3 N–H and O–H groups in total. The van der Waals surface area contributed by atoms with Gasteiger partial charge in [-0.15, -0.1) is 0 Å². The SMILES string of the molecule is Cc1c(F)cc(C(N)=O)c2[nH]c3c(c12)CCCCC3. The molecule has 0 aliphatic heterocycles. The van der Waals surface area contributed by atoms with E-state index in [0.29, 0.717) is 11.1 Å². The molecule has 1 aliphatic carbocycles. The van der Waals surface area contributed by atoms with Crippen LogP contribution in [0.1, 0.15) is 46.4 Å². The Hall–Kier alpha value is -1.84. The summed E-state index contributed by atoms with van der Waals surface area (Å²) in [6.07, 6.45) is 5.34. The molecular formula is C15H17FN2O. The predicted molar refractivity (Wildman–Crippen MR) is 72.8 cm³/mol. The molecule has 0 saturated heterocycles. The van der Waals surface area contributed by atoms with Gasteiger partial charge in [-0.05, 0) is 49.8 Å². The van der Waals surface area contributed by atoms with E-state index in [1.165, 1.54) is 18.1 Å². The Morgan fingerprint density at radius 1 is 1.32 bits per heavy atom. The van der Waals surface area contributed by atoms with Crippen molar-refractivity contribution in [2.45, 2.75) is 39.0 Å². The first kappa shape index (κ1) is 12.2. The van der Waals surface area contributed by atoms with Crippen molar-refractivity contribution >= 4 is 16.8 Å². The number of nitrogens with two attached hydrogens (primary N) is 1. The van der Waals surface area contributed by atoms with E-state index in [1.54, 1.807) is 6.92 Å². The average Bonchev–Trinajstić information content (AvgIpc) is 2.57. The van der Waals surface area contributed by atoms with E-state index in [4.69, 9.17) is 5.73 Å². The number of nitrogens with one attached hydrogen (secondary N) is 1. The van der Waals surface area contributed by atoms with E-state index in [1.807, 2.05) is 0 Å². The maximum Gasteiger partial charge on any atom is 0.250 e. The second-order valence-electron chi connectivity index (χ2n) is 5.29. The van der Waals surface area contributed by atoms with Gasteiger partial charge in [-0.3, -0.25) is 4.79 Å². The van der Waals surface area contributed by atoms with Crippen LogP contribution in [-0.2, 0) is 12.8 Å². The third-order valence-electron chi connectivity index (χ3n) is 4.08. The molecule has 1 aliphatic rings. The Morgan fingerprint density at radius 3 is 2.79 bits per heavy atom. The van der Waals surface area contributed by atoms with Gasteiger partial charge in [-0.1, -0.05) is 6.42 Å². The third-order valence-corrected chi connectivity index (χ3v) is 4.08. The quantitative estimate of drug-likeness (QED) is 0.761. The summed E-state index contributed by atoms with van der Waals surface area (Å²) >= 11 is 0. The summed E-state index contributed by atoms with van der Waals surface area (Å²) in [5, 5.41) is 0.866. The van der Waals surface area contributed by atoms with Gasteiger partial charge in [-0.2, -0.15) is 0 Å². The molecule has 100 valence electrons. The van der Waals surface area contributed by atoms with E-state index in [-0.39, 0.29) is 11.4 Å². The lowest BCUT2D eigenvalue weighted by Crippen LogP contribution is -2.12. The highest BCUT2D eigenvalue weighted by atomic mass is 19.1. The van der Waals surface area contributed by atoms with Crippen LogP contribution in [0.25, 0.3) is 10.9 Å². The highest BCUT2D eigenvalue weighted by Gasteiger charge is 2.21. The van der Waals surface area contributed by atoms with Gasteiger partial charge in [0.2, 0.25) is 0 Å². The maximum absolute atomic E-state index is 14.0. The maximum atomic E-state index is 14.0. The van der Waals surface area contributed by atoms with Crippen LogP contribution in [0.2, 0.25) is 0 Å². The van der Waals surface area contributed by atoms with Gasteiger partial charge < -0.3 is 10.7 Å². The largest absolute Gasteiger partial charge is 0.366 e. The monoisotopic (exact) mass is 260 g/mol. The lowest BCUT2D eigenvalue weighted by molar-refractivity contribution is 0.100. The Morgan fingerprint density at radius 2 is 2.05 bits per heavy atom. The minimum atomic E-state index is -0.583. The fourth-order valence-electron chi connectivity index (χ4n) is 3.10. The number of aromatic nitrogens is 1. The lowest BCUT2D eigenvalue weighted by atomic mass is 9.99. The van der Waals surface area contributed by atoms with Crippen LogP contribution in [0.4, 0.5) is 4.39 Å². The minimum Gasteiger partial charge on any atom is -0.366 e. The Balaban J connectivity index is 2.38. The minimum absolute atomic E-state index is 0.256. The van der Waals surface area contributed by atoms with Gasteiger partial charge >= 0.3 is 0 Å². The summed E-state index contributed by atoms with van der Waals surface area (Å²) in [5.74, 6) is -0.937. The molecule has 0 bridgehead atoms. The van der Waals surface area contributed by atoms with Crippen LogP contribution in [0.15, 0.2) is 6.07 Å². The smallest absolute Gasteiger partial charge is 0.250 e. The Bertz CT molecular complexity index is 673. The van der Waals surface area contributed by atoms with Crippen LogP contribution >= 0.6 is 0 Å². The first-order valence-electron chi connectivity index (χ1n) is 6.72. The molecule has 0 radical (unpaired) electrons. The molecule has 1 amide bonds. The number of aryl methyl sites for hydroxylation is 3. The molecular weight excluding hydrogens is 243 g/mol. The summed E-state index contributed by atoms with van der Waals surface area (Å²) in [4.78, 5) is 14.8. The normalized spacial score (nSPS) is 15.3. The topological polar surface area (TPSA) is 58.9 Å². The number of amides is 1. The summed E-state index contributed by atoms with van der Waals surface area (Å²) < 4.78 is 14.0. The number of aromatic amines is 1. The van der Waals surface area contributed by atoms with E-state index in [2.05, 4.69) is 4.98 Å². The zero-order chi connectivity index (χ0) is 13.6. The fraction of sp³-hybridized carbons (Fsp3) is 0.400. The molecule has 1 aromatic heterocycles. The molecule has 19 heavy (non-hydrogen) atoms. The van der Waals surface area contributed by atoms with Crippen molar-refractivity contribution in [1.82, 2.24) is 4.98 Å². The van der Waals surface area contributed by atoms with Crippen molar-refractivity contribution in [1.29, 1.82) is 0 Å². The van der Waals surface area contributed by atoms with Crippen LogP contribution in [0.3, 0.4) is 0 Å². The van der Waals surface area contributed by atoms with E-state index >= 15 is 0 Å². The van der Waals surface area contributed by atoms with Crippen molar-refractivity contribution in [2.75, 3.05) is 0 Å². The number of fused-ring (bicyclic) bond motifs is 3. The van der Waals surface area contributed by atoms with Gasteiger partial charge in [0.05, 0.1) is 11.1 Å². The van der Waals surface area contributed by atoms with E-state index < -0.39 is 5.91 Å². The van der Waals surface area contributed by atoms with Crippen LogP contribution in [0.5, 0.6) is 0 Å². The zero-order valence-electron chi connectivity index (χ0n) is 11.0. The van der Waals surface area contributed by atoms with Crippen LogP contribution < -0.4 is 5.73 Å². The molecule has 0 unspecified atom stereocenters. The van der Waals surface area contributed by atoms with E-state index in [0.717, 1.165) is 36.8 Å². The molecule has 3 nitrogen and oxygen atoms in total. The van der Waals surface area contributed by atoms with Gasteiger partial charge in [0.15, 0.2) is 0 Å². The van der Waals surface area contributed by atoms with Crippen LogP contribution in [0, 0.1) is 12.7 Å². The molecule has 0 saturated carbocycles. The predicted octanol–water partition coefficient (Wildman–Crippen LogP) is 2.98. The molecule has 0 fully saturated rings. The first-order valence-corrected chi connectivity index (χ1v) is 6.72. The fourth-order valence-corrected chi connectivity index (χ4v) is 3.10. The molecule has 0 spiro atoms. The lowest BCUT2D eigenvalue weighted by Gasteiger charge is -2.06.